The third-order valence-electron chi connectivity index (χ3n) is 4.88. The smallest absolute Gasteiger partial charge is 0.255 e. The molecule has 2 aliphatic heterocycles. The van der Waals surface area contributed by atoms with E-state index >= 15 is 0 Å². The summed E-state index contributed by atoms with van der Waals surface area (Å²) in [5, 5.41) is 0. The second kappa shape index (κ2) is 8.37. The van der Waals surface area contributed by atoms with Gasteiger partial charge in [0.05, 0.1) is 18.8 Å². The number of amides is 1. The van der Waals surface area contributed by atoms with E-state index in [-0.39, 0.29) is 12.2 Å². The summed E-state index contributed by atoms with van der Waals surface area (Å²) in [6.07, 6.45) is 3.27. The maximum absolute atomic E-state index is 12.7. The number of hydrogen-bond acceptors (Lipinski definition) is 5. The summed E-state index contributed by atoms with van der Waals surface area (Å²) >= 11 is 3.39. The normalized spacial score (nSPS) is 18.6. The SMILES string of the molecule is O=C(c1ccc(Oc2ccc(Br)cc2)nc1)N1CCC(C2OCCO2)CC1. The van der Waals surface area contributed by atoms with Crippen LogP contribution in [-0.4, -0.2) is 48.4 Å². The van der Waals surface area contributed by atoms with Gasteiger partial charge in [-0.15, -0.1) is 0 Å². The van der Waals surface area contributed by atoms with Crippen LogP contribution in [0.3, 0.4) is 0 Å². The topological polar surface area (TPSA) is 60.9 Å². The lowest BCUT2D eigenvalue weighted by Crippen LogP contribution is -2.41. The number of carbonyl (C=O) groups is 1. The molecule has 1 aromatic heterocycles. The first-order chi connectivity index (χ1) is 13.2. The van der Waals surface area contributed by atoms with Crippen molar-refractivity contribution in [1.29, 1.82) is 0 Å². The molecule has 27 heavy (non-hydrogen) atoms. The first-order valence-electron chi connectivity index (χ1n) is 9.11. The average molecular weight is 433 g/mol. The van der Waals surface area contributed by atoms with Crippen LogP contribution in [0.15, 0.2) is 47.1 Å². The van der Waals surface area contributed by atoms with Gasteiger partial charge in [0.2, 0.25) is 5.88 Å². The van der Waals surface area contributed by atoms with Gasteiger partial charge in [0, 0.05) is 35.7 Å². The van der Waals surface area contributed by atoms with Gasteiger partial charge in [-0.2, -0.15) is 0 Å². The van der Waals surface area contributed by atoms with Crippen LogP contribution in [0.2, 0.25) is 0 Å². The van der Waals surface area contributed by atoms with Crippen LogP contribution in [0.1, 0.15) is 23.2 Å². The number of pyridine rings is 1. The minimum Gasteiger partial charge on any atom is -0.439 e. The highest BCUT2D eigenvalue weighted by molar-refractivity contribution is 9.10. The molecule has 2 aromatic rings. The molecule has 0 bridgehead atoms. The molecule has 0 saturated carbocycles. The van der Waals surface area contributed by atoms with Crippen molar-refractivity contribution in [3.05, 3.63) is 52.6 Å². The molecule has 0 unspecified atom stereocenters. The van der Waals surface area contributed by atoms with Crippen molar-refractivity contribution in [3.8, 4) is 11.6 Å². The molecule has 0 spiro atoms. The molecule has 1 amide bonds. The number of hydrogen-bond donors (Lipinski definition) is 0. The Hall–Kier alpha value is -1.96. The monoisotopic (exact) mass is 432 g/mol. The minimum atomic E-state index is -0.0982. The molecular weight excluding hydrogens is 412 g/mol. The molecule has 1 aromatic carbocycles. The molecule has 2 saturated heterocycles. The number of halogens is 1. The lowest BCUT2D eigenvalue weighted by Gasteiger charge is -2.33. The van der Waals surface area contributed by atoms with Crippen molar-refractivity contribution in [2.24, 2.45) is 5.92 Å². The third-order valence-corrected chi connectivity index (χ3v) is 5.41. The second-order valence-corrected chi connectivity index (χ2v) is 7.60. The minimum absolute atomic E-state index is 0.00407. The van der Waals surface area contributed by atoms with E-state index in [1.807, 2.05) is 29.2 Å². The maximum Gasteiger partial charge on any atom is 0.255 e. The number of aromatic nitrogens is 1. The van der Waals surface area contributed by atoms with E-state index in [0.717, 1.165) is 17.3 Å². The molecule has 0 radical (unpaired) electrons. The summed E-state index contributed by atoms with van der Waals surface area (Å²) < 4.78 is 17.9. The summed E-state index contributed by atoms with van der Waals surface area (Å²) in [6.45, 7) is 2.77. The van der Waals surface area contributed by atoms with Gasteiger partial charge < -0.3 is 19.1 Å². The molecule has 7 heteroatoms. The molecule has 0 N–H and O–H groups in total. The van der Waals surface area contributed by atoms with Gasteiger partial charge in [0.15, 0.2) is 6.29 Å². The van der Waals surface area contributed by atoms with Crippen LogP contribution in [-0.2, 0) is 9.47 Å². The lowest BCUT2D eigenvalue weighted by atomic mass is 9.96. The highest BCUT2D eigenvalue weighted by atomic mass is 79.9. The molecule has 0 atom stereocenters. The van der Waals surface area contributed by atoms with Crippen LogP contribution in [0.4, 0.5) is 0 Å². The number of carbonyl (C=O) groups excluding carboxylic acids is 1. The number of benzene rings is 1. The molecule has 4 rings (SSSR count). The van der Waals surface area contributed by atoms with Gasteiger partial charge >= 0.3 is 0 Å². The van der Waals surface area contributed by atoms with E-state index in [2.05, 4.69) is 20.9 Å². The standard InChI is InChI=1S/C20H21BrN2O4/c21-16-2-4-17(5-3-16)27-18-6-1-15(13-22-18)19(24)23-9-7-14(8-10-23)20-25-11-12-26-20/h1-6,13-14,20H,7-12H2. The Morgan fingerprint density at radius 1 is 1.07 bits per heavy atom. The van der Waals surface area contributed by atoms with Crippen molar-refractivity contribution in [2.75, 3.05) is 26.3 Å². The summed E-state index contributed by atoms with van der Waals surface area (Å²) in [5.41, 5.74) is 0.574. The van der Waals surface area contributed by atoms with Crippen LogP contribution in [0.25, 0.3) is 0 Å². The fourth-order valence-corrected chi connectivity index (χ4v) is 3.66. The van der Waals surface area contributed by atoms with Gasteiger partial charge in [-0.05, 0) is 43.2 Å². The molecule has 6 nitrogen and oxygen atoms in total. The van der Waals surface area contributed by atoms with E-state index in [9.17, 15) is 4.79 Å². The number of nitrogens with zero attached hydrogens (tertiary/aromatic N) is 2. The Balaban J connectivity index is 1.33. The van der Waals surface area contributed by atoms with Gasteiger partial charge in [0.1, 0.15) is 5.75 Å². The summed E-state index contributed by atoms with van der Waals surface area (Å²) in [7, 11) is 0. The zero-order chi connectivity index (χ0) is 18.6. The summed E-state index contributed by atoms with van der Waals surface area (Å²) in [4.78, 5) is 18.9. The van der Waals surface area contributed by atoms with Gasteiger partial charge in [-0.3, -0.25) is 4.79 Å². The predicted octanol–water partition coefficient (Wildman–Crippen LogP) is 3.86. The molecule has 3 heterocycles. The van der Waals surface area contributed by atoms with Gasteiger partial charge in [-0.1, -0.05) is 15.9 Å². The first kappa shape index (κ1) is 18.4. The zero-order valence-corrected chi connectivity index (χ0v) is 16.4. The van der Waals surface area contributed by atoms with E-state index < -0.39 is 0 Å². The second-order valence-electron chi connectivity index (χ2n) is 6.68. The van der Waals surface area contributed by atoms with E-state index in [0.29, 0.717) is 49.4 Å². The number of ether oxygens (including phenoxy) is 3. The highest BCUT2D eigenvalue weighted by Gasteiger charge is 2.32. The summed E-state index contributed by atoms with van der Waals surface area (Å²) in [5.74, 6) is 1.53. The first-order valence-corrected chi connectivity index (χ1v) is 9.90. The van der Waals surface area contributed by atoms with Crippen molar-refractivity contribution in [3.63, 3.8) is 0 Å². The maximum atomic E-state index is 12.7. The fraction of sp³-hybridized carbons (Fsp3) is 0.400. The molecular formula is C20H21BrN2O4. The van der Waals surface area contributed by atoms with Crippen LogP contribution >= 0.6 is 15.9 Å². The Kier molecular flexibility index (Phi) is 5.71. The zero-order valence-electron chi connectivity index (χ0n) is 14.8. The van der Waals surface area contributed by atoms with Crippen molar-refractivity contribution >= 4 is 21.8 Å². The van der Waals surface area contributed by atoms with Crippen molar-refractivity contribution in [2.45, 2.75) is 19.1 Å². The van der Waals surface area contributed by atoms with Crippen molar-refractivity contribution < 1.29 is 19.0 Å². The highest BCUT2D eigenvalue weighted by Crippen LogP contribution is 2.27. The van der Waals surface area contributed by atoms with Crippen LogP contribution in [0.5, 0.6) is 11.6 Å². The third kappa shape index (κ3) is 4.48. The van der Waals surface area contributed by atoms with Crippen LogP contribution < -0.4 is 4.74 Å². The lowest BCUT2D eigenvalue weighted by molar-refractivity contribution is -0.0956. The predicted molar refractivity (Wildman–Crippen MR) is 103 cm³/mol. The van der Waals surface area contributed by atoms with Gasteiger partial charge in [0.25, 0.3) is 5.91 Å². The largest absolute Gasteiger partial charge is 0.439 e. The number of rotatable bonds is 4. The molecule has 142 valence electrons. The molecule has 0 aliphatic carbocycles. The van der Waals surface area contributed by atoms with E-state index in [4.69, 9.17) is 14.2 Å². The average Bonchev–Trinajstić information content (AvgIpc) is 3.25. The Bertz CT molecular complexity index is 768. The van der Waals surface area contributed by atoms with Crippen LogP contribution in [0, 0.1) is 5.92 Å². The van der Waals surface area contributed by atoms with Crippen molar-refractivity contribution in [1.82, 2.24) is 9.88 Å². The quantitative estimate of drug-likeness (QED) is 0.733. The molecule has 2 aliphatic rings. The number of piperidine rings is 1. The Morgan fingerprint density at radius 2 is 1.78 bits per heavy atom. The summed E-state index contributed by atoms with van der Waals surface area (Å²) in [6, 6.07) is 11.0. The fourth-order valence-electron chi connectivity index (χ4n) is 3.40. The Morgan fingerprint density at radius 3 is 2.41 bits per heavy atom. The van der Waals surface area contributed by atoms with Gasteiger partial charge in [-0.25, -0.2) is 4.98 Å². The van der Waals surface area contributed by atoms with E-state index in [1.165, 1.54) is 0 Å². The van der Waals surface area contributed by atoms with E-state index in [1.54, 1.807) is 18.3 Å². The Labute approximate surface area is 166 Å². The number of likely N-dealkylation sites (tertiary alicyclic amines) is 1. The molecule has 2 fully saturated rings.